The van der Waals surface area contributed by atoms with Crippen LogP contribution in [0.2, 0.25) is 5.02 Å². The molecule has 38 heavy (non-hydrogen) atoms. The van der Waals surface area contributed by atoms with Crippen molar-refractivity contribution in [1.82, 2.24) is 4.57 Å². The van der Waals surface area contributed by atoms with Crippen molar-refractivity contribution in [3.8, 4) is 5.75 Å². The fourth-order valence-corrected chi connectivity index (χ4v) is 4.26. The van der Waals surface area contributed by atoms with Gasteiger partial charge in [-0.3, -0.25) is 19.4 Å². The molecule has 1 aromatic heterocycles. The van der Waals surface area contributed by atoms with Gasteiger partial charge in [-0.25, -0.2) is 13.6 Å². The first-order valence-electron chi connectivity index (χ1n) is 11.5. The number of amides is 3. The summed E-state index contributed by atoms with van der Waals surface area (Å²) in [6.45, 7) is 2.73. The number of carbonyl (C=O) groups is 2. The predicted octanol–water partition coefficient (Wildman–Crippen LogP) is 3.76. The number of halogens is 3. The van der Waals surface area contributed by atoms with Crippen LogP contribution in [0.1, 0.15) is 31.4 Å². The second kappa shape index (κ2) is 10.4. The van der Waals surface area contributed by atoms with Crippen molar-refractivity contribution in [2.45, 2.75) is 39.0 Å². The molecule has 0 fully saturated rings. The highest BCUT2D eigenvalue weighted by molar-refractivity contribution is 6.31. The number of aromatic nitrogens is 1. The van der Waals surface area contributed by atoms with E-state index in [-0.39, 0.29) is 48.5 Å². The van der Waals surface area contributed by atoms with Crippen LogP contribution in [-0.4, -0.2) is 33.9 Å². The molecule has 0 bridgehead atoms. The fourth-order valence-electron chi connectivity index (χ4n) is 4.03. The van der Waals surface area contributed by atoms with Crippen LogP contribution in [-0.2, 0) is 17.9 Å². The lowest BCUT2D eigenvalue weighted by atomic mass is 10.0. The van der Waals surface area contributed by atoms with Crippen LogP contribution in [0.5, 0.6) is 5.75 Å². The summed E-state index contributed by atoms with van der Waals surface area (Å²) in [5.41, 5.74) is 5.27. The minimum atomic E-state index is -1.24. The second-order valence-corrected chi connectivity index (χ2v) is 9.87. The molecule has 2 aromatic carbocycles. The number of carbonyl (C=O) groups excluding carboxylic acids is 2. The number of urea groups is 1. The number of nitrogens with two attached hydrogens (primary N) is 1. The first kappa shape index (κ1) is 27.1. The maximum Gasteiger partial charge on any atom is 0.320 e. The van der Waals surface area contributed by atoms with E-state index in [1.165, 1.54) is 46.5 Å². The molecular weight excluding hydrogens is 522 g/mol. The Bertz CT molecular complexity index is 1470. The number of ether oxygens (including phenoxy) is 1. The van der Waals surface area contributed by atoms with Gasteiger partial charge in [0.25, 0.3) is 5.56 Å². The molecule has 3 aromatic rings. The molecule has 0 atom stereocenters. The third-order valence-corrected chi connectivity index (χ3v) is 6.23. The summed E-state index contributed by atoms with van der Waals surface area (Å²) >= 11 is 6.21. The molecule has 4 rings (SSSR count). The van der Waals surface area contributed by atoms with Crippen LogP contribution in [0.3, 0.4) is 0 Å². The maximum atomic E-state index is 13.9. The number of aliphatic hydroxyl groups is 1. The van der Waals surface area contributed by atoms with E-state index in [4.69, 9.17) is 22.1 Å². The summed E-state index contributed by atoms with van der Waals surface area (Å²) < 4.78 is 33.8. The van der Waals surface area contributed by atoms with Crippen molar-refractivity contribution in [3.63, 3.8) is 0 Å². The number of anilines is 2. The minimum Gasteiger partial charge on any atom is -0.487 e. The van der Waals surface area contributed by atoms with Gasteiger partial charge in [0.2, 0.25) is 5.91 Å². The molecule has 2 heterocycles. The molecule has 0 radical (unpaired) electrons. The van der Waals surface area contributed by atoms with Crippen LogP contribution in [0.25, 0.3) is 0 Å². The van der Waals surface area contributed by atoms with Crippen LogP contribution in [0.15, 0.2) is 53.5 Å². The third-order valence-electron chi connectivity index (χ3n) is 5.88. The number of pyridine rings is 1. The topological polar surface area (TPSA) is 118 Å². The molecule has 0 unspecified atom stereocenters. The summed E-state index contributed by atoms with van der Waals surface area (Å²) in [7, 11) is 0. The van der Waals surface area contributed by atoms with Crippen molar-refractivity contribution in [3.05, 3.63) is 86.8 Å². The maximum absolute atomic E-state index is 13.9. The molecule has 0 spiro atoms. The molecule has 3 amide bonds. The number of benzene rings is 2. The smallest absolute Gasteiger partial charge is 0.320 e. The van der Waals surface area contributed by atoms with E-state index >= 15 is 0 Å². The van der Waals surface area contributed by atoms with Gasteiger partial charge < -0.3 is 20.1 Å². The Morgan fingerprint density at radius 1 is 1.11 bits per heavy atom. The SMILES string of the molecule is CC(C)(O)CC(=O)N1CN(C(N)=O)c2cc(Cn3ccc(OCc4ccc(F)cc4F)c(Cl)c3=O)ccc21. The predicted molar refractivity (Wildman–Crippen MR) is 137 cm³/mol. The summed E-state index contributed by atoms with van der Waals surface area (Å²) in [5, 5.41) is 9.80. The van der Waals surface area contributed by atoms with Crippen molar-refractivity contribution in [1.29, 1.82) is 0 Å². The van der Waals surface area contributed by atoms with Crippen molar-refractivity contribution < 1.29 is 28.2 Å². The zero-order valence-electron chi connectivity index (χ0n) is 20.6. The Labute approximate surface area is 221 Å². The average molecular weight is 547 g/mol. The van der Waals surface area contributed by atoms with Crippen molar-refractivity contribution >= 4 is 34.9 Å². The molecular formula is C26H25ClF2N4O5. The summed E-state index contributed by atoms with van der Waals surface area (Å²) in [6, 6.07) is 8.72. The quantitative estimate of drug-likeness (QED) is 0.468. The van der Waals surface area contributed by atoms with E-state index in [0.717, 1.165) is 12.1 Å². The Morgan fingerprint density at radius 3 is 2.50 bits per heavy atom. The van der Waals surface area contributed by atoms with Gasteiger partial charge >= 0.3 is 6.03 Å². The standard InChI is InChI=1S/C26H25ClF2N4O5/c1-26(2,37)11-22(34)32-14-33(25(30)36)20-9-15(3-6-19(20)32)12-31-8-7-21(23(27)24(31)35)38-13-16-4-5-17(28)10-18(16)29/h3-10,37H,11-14H2,1-2H3,(H2,30,36). The normalized spacial score (nSPS) is 13.0. The van der Waals surface area contributed by atoms with E-state index in [1.807, 2.05) is 0 Å². The lowest BCUT2D eigenvalue weighted by Crippen LogP contribution is -2.42. The van der Waals surface area contributed by atoms with Gasteiger partial charge in [0.15, 0.2) is 0 Å². The first-order chi connectivity index (χ1) is 17.8. The molecule has 0 saturated carbocycles. The fraction of sp³-hybridized carbons (Fsp3) is 0.269. The summed E-state index contributed by atoms with van der Waals surface area (Å²) in [4.78, 5) is 40.2. The number of rotatable bonds is 7. The highest BCUT2D eigenvalue weighted by Crippen LogP contribution is 2.37. The zero-order chi connectivity index (χ0) is 27.8. The van der Waals surface area contributed by atoms with Gasteiger partial charge in [-0.1, -0.05) is 17.7 Å². The number of nitrogens with zero attached hydrogens (tertiary/aromatic N) is 3. The Kier molecular flexibility index (Phi) is 7.43. The molecule has 0 saturated heterocycles. The third kappa shape index (κ3) is 5.79. The van der Waals surface area contributed by atoms with Gasteiger partial charge in [-0.05, 0) is 49.7 Å². The number of hydrogen-bond acceptors (Lipinski definition) is 5. The van der Waals surface area contributed by atoms with Gasteiger partial charge in [0.05, 0.1) is 29.9 Å². The van der Waals surface area contributed by atoms with Gasteiger partial charge in [-0.15, -0.1) is 0 Å². The highest BCUT2D eigenvalue weighted by atomic mass is 35.5. The Balaban J connectivity index is 1.55. The summed E-state index contributed by atoms with van der Waals surface area (Å²) in [5.74, 6) is -1.84. The van der Waals surface area contributed by atoms with Crippen LogP contribution < -0.4 is 25.8 Å². The van der Waals surface area contributed by atoms with Crippen LogP contribution >= 0.6 is 11.6 Å². The minimum absolute atomic E-state index is 0.0338. The van der Waals surface area contributed by atoms with E-state index in [2.05, 4.69) is 0 Å². The van der Waals surface area contributed by atoms with Gasteiger partial charge in [0, 0.05) is 17.8 Å². The Hall–Kier alpha value is -3.96. The number of primary amides is 1. The van der Waals surface area contributed by atoms with Gasteiger partial charge in [-0.2, -0.15) is 0 Å². The van der Waals surface area contributed by atoms with E-state index in [0.29, 0.717) is 16.9 Å². The van der Waals surface area contributed by atoms with E-state index < -0.39 is 28.8 Å². The van der Waals surface area contributed by atoms with Crippen molar-refractivity contribution in [2.75, 3.05) is 16.5 Å². The lowest BCUT2D eigenvalue weighted by molar-refractivity contribution is -0.122. The zero-order valence-corrected chi connectivity index (χ0v) is 21.3. The van der Waals surface area contributed by atoms with Crippen LogP contribution in [0.4, 0.5) is 25.0 Å². The molecule has 1 aliphatic rings. The van der Waals surface area contributed by atoms with E-state index in [9.17, 15) is 28.3 Å². The largest absolute Gasteiger partial charge is 0.487 e. The molecule has 200 valence electrons. The highest BCUT2D eigenvalue weighted by Gasteiger charge is 2.34. The van der Waals surface area contributed by atoms with Crippen molar-refractivity contribution in [2.24, 2.45) is 5.73 Å². The second-order valence-electron chi connectivity index (χ2n) is 9.49. The van der Waals surface area contributed by atoms with Crippen LogP contribution in [0, 0.1) is 11.6 Å². The molecule has 3 N–H and O–H groups in total. The molecule has 12 heteroatoms. The summed E-state index contributed by atoms with van der Waals surface area (Å²) in [6.07, 6.45) is 1.29. The monoisotopic (exact) mass is 546 g/mol. The lowest BCUT2D eigenvalue weighted by Gasteiger charge is -2.22. The van der Waals surface area contributed by atoms with Gasteiger partial charge in [0.1, 0.15) is 35.7 Å². The number of hydrogen-bond donors (Lipinski definition) is 2. The molecule has 1 aliphatic heterocycles. The Morgan fingerprint density at radius 2 is 1.84 bits per heavy atom. The van der Waals surface area contributed by atoms with E-state index in [1.54, 1.807) is 18.2 Å². The number of fused-ring (bicyclic) bond motifs is 1. The average Bonchev–Trinajstić information content (AvgIpc) is 3.21. The molecule has 9 nitrogen and oxygen atoms in total. The first-order valence-corrected chi connectivity index (χ1v) is 11.9. The molecule has 0 aliphatic carbocycles.